The van der Waals surface area contributed by atoms with Crippen LogP contribution in [0.15, 0.2) is 32.8 Å². The maximum atomic E-state index is 13.2. The zero-order valence-corrected chi connectivity index (χ0v) is 14.7. The Bertz CT molecular complexity index is 652. The maximum absolute atomic E-state index is 13.2. The van der Waals surface area contributed by atoms with Crippen molar-refractivity contribution in [1.29, 1.82) is 0 Å². The van der Waals surface area contributed by atoms with E-state index in [2.05, 4.69) is 20.6 Å². The Morgan fingerprint density at radius 2 is 2.33 bits per heavy atom. The topological polar surface area (TPSA) is 63.3 Å². The van der Waals surface area contributed by atoms with Crippen LogP contribution in [0.25, 0.3) is 0 Å². The number of thioether (sulfide) groups is 1. The Kier molecular flexibility index (Phi) is 6.40. The van der Waals surface area contributed by atoms with Crippen molar-refractivity contribution in [2.24, 2.45) is 4.99 Å². The second-order valence-corrected chi connectivity index (χ2v) is 6.47. The first-order chi connectivity index (χ1) is 10.1. The smallest absolute Gasteiger partial charge is 0.178 e. The summed E-state index contributed by atoms with van der Waals surface area (Å²) in [4.78, 5) is 4.21. The van der Waals surface area contributed by atoms with Gasteiger partial charge in [0, 0.05) is 12.3 Å². The molecule has 0 aliphatic rings. The van der Waals surface area contributed by atoms with Crippen molar-refractivity contribution < 1.29 is 9.02 Å². The summed E-state index contributed by atoms with van der Waals surface area (Å²) in [6.07, 6.45) is 0. The molecule has 0 unspecified atom stereocenters. The van der Waals surface area contributed by atoms with Gasteiger partial charge in [0.1, 0.15) is 5.82 Å². The molecule has 0 saturated carbocycles. The average molecular weight is 441 g/mol. The van der Waals surface area contributed by atoms with E-state index in [0.717, 1.165) is 12.3 Å². The summed E-state index contributed by atoms with van der Waals surface area (Å²) in [6, 6.07) is 4.48. The molecule has 1 aromatic heterocycles. The molecule has 0 bridgehead atoms. The second-order valence-electron chi connectivity index (χ2n) is 3.87. The van der Waals surface area contributed by atoms with Crippen LogP contribution in [0.3, 0.4) is 0 Å². The molecule has 0 aliphatic carbocycles. The fraction of sp³-hybridized carbons (Fsp3) is 0.250. The molecule has 5 nitrogen and oxygen atoms in total. The first kappa shape index (κ1) is 16.7. The van der Waals surface area contributed by atoms with Crippen molar-refractivity contribution in [2.75, 3.05) is 19.3 Å². The van der Waals surface area contributed by atoms with Crippen LogP contribution in [0.4, 0.5) is 10.1 Å². The highest BCUT2D eigenvalue weighted by molar-refractivity contribution is 14.1. The number of hydrogen-bond acceptors (Lipinski definition) is 6. The predicted molar refractivity (Wildman–Crippen MR) is 90.1 cm³/mol. The van der Waals surface area contributed by atoms with Crippen molar-refractivity contribution >= 4 is 56.8 Å². The van der Waals surface area contributed by atoms with E-state index in [1.807, 2.05) is 29.6 Å². The molecule has 0 fully saturated rings. The van der Waals surface area contributed by atoms with Crippen LogP contribution in [0.1, 0.15) is 5.69 Å². The van der Waals surface area contributed by atoms with Gasteiger partial charge in [0.05, 0.1) is 9.26 Å². The van der Waals surface area contributed by atoms with Gasteiger partial charge < -0.3 is 5.32 Å². The number of hydrogen-bond donors (Lipinski definition) is 1. The van der Waals surface area contributed by atoms with E-state index in [1.165, 1.54) is 17.8 Å². The van der Waals surface area contributed by atoms with E-state index in [-0.39, 0.29) is 11.0 Å². The summed E-state index contributed by atoms with van der Waals surface area (Å²) in [5.41, 5.74) is 0.928. The lowest BCUT2D eigenvalue weighted by Gasteiger charge is -2.00. The van der Waals surface area contributed by atoms with Crippen LogP contribution in [0.2, 0.25) is 0 Å². The number of rotatable bonds is 6. The van der Waals surface area contributed by atoms with Gasteiger partial charge in [-0.1, -0.05) is 23.4 Å². The average Bonchev–Trinajstić information content (AvgIpc) is 2.92. The van der Waals surface area contributed by atoms with Gasteiger partial charge in [-0.3, -0.25) is 0 Å². The molecule has 21 heavy (non-hydrogen) atoms. The van der Waals surface area contributed by atoms with Gasteiger partial charge in [-0.05, 0) is 58.2 Å². The summed E-state index contributed by atoms with van der Waals surface area (Å²) < 4.78 is 18.4. The molecule has 1 aromatic carbocycles. The number of nitrogens with one attached hydrogen (secondary N) is 1. The normalized spacial score (nSPS) is 11.9. The highest BCUT2D eigenvalue weighted by Crippen LogP contribution is 2.24. The fourth-order valence-electron chi connectivity index (χ4n) is 1.37. The third kappa shape index (κ3) is 4.63. The van der Waals surface area contributed by atoms with Crippen LogP contribution in [-0.2, 0) is 0 Å². The summed E-state index contributed by atoms with van der Waals surface area (Å²) >= 11 is 9.52. The Balaban J connectivity index is 2.19. The molecule has 2 aromatic rings. The van der Waals surface area contributed by atoms with Gasteiger partial charge in [-0.2, -0.15) is 0 Å². The van der Waals surface area contributed by atoms with E-state index in [9.17, 15) is 4.39 Å². The molecular formula is C12H11ClFIN4OS. The number of aromatic nitrogens is 2. The van der Waals surface area contributed by atoms with Gasteiger partial charge in [-0.25, -0.2) is 14.0 Å². The molecule has 1 heterocycles. The summed E-state index contributed by atoms with van der Waals surface area (Å²) in [7, 11) is 1.87. The third-order valence-electron chi connectivity index (χ3n) is 2.38. The summed E-state index contributed by atoms with van der Waals surface area (Å²) in [5, 5.41) is 11.3. The number of aliphatic imine (C=N–C) groups is 1. The highest BCUT2D eigenvalue weighted by Gasteiger charge is 2.15. The molecule has 0 aliphatic heterocycles. The third-order valence-corrected chi connectivity index (χ3v) is 4.41. The summed E-state index contributed by atoms with van der Waals surface area (Å²) in [6.45, 7) is 0.821. The van der Waals surface area contributed by atoms with Crippen LogP contribution in [0, 0.1) is 9.39 Å². The van der Waals surface area contributed by atoms with Crippen LogP contribution >= 0.6 is 46.0 Å². The van der Waals surface area contributed by atoms with Gasteiger partial charge in [0.2, 0.25) is 0 Å². The van der Waals surface area contributed by atoms with Crippen molar-refractivity contribution in [1.82, 2.24) is 15.6 Å². The summed E-state index contributed by atoms with van der Waals surface area (Å²) in [5.74, 6) is 0.508. The van der Waals surface area contributed by atoms with Crippen LogP contribution in [-0.4, -0.2) is 34.8 Å². The number of halogens is 3. The minimum absolute atomic E-state index is 0.158. The van der Waals surface area contributed by atoms with E-state index < -0.39 is 0 Å². The molecule has 112 valence electrons. The quantitative estimate of drug-likeness (QED) is 0.323. The number of nitrogens with zero attached hydrogens (tertiary/aromatic N) is 3. The minimum atomic E-state index is -0.294. The largest absolute Gasteiger partial charge is 0.319 e. The standard InChI is InChI=1S/C12H11ClFIN4OS/c1-16-4-5-21-12-10(18-20-19-12)11(13)17-7-2-3-8(14)9(15)6-7/h2-3,6,16H,4-5H2,1H3. The molecule has 0 amide bonds. The molecule has 2 rings (SSSR count). The van der Waals surface area contributed by atoms with Crippen LogP contribution in [0.5, 0.6) is 0 Å². The lowest BCUT2D eigenvalue weighted by atomic mass is 10.3. The maximum Gasteiger partial charge on any atom is 0.178 e. The Labute approximate surface area is 143 Å². The minimum Gasteiger partial charge on any atom is -0.319 e. The van der Waals surface area contributed by atoms with Gasteiger partial charge in [0.15, 0.2) is 15.9 Å². The van der Waals surface area contributed by atoms with Gasteiger partial charge in [0.25, 0.3) is 0 Å². The highest BCUT2D eigenvalue weighted by atomic mass is 127. The first-order valence-electron chi connectivity index (χ1n) is 5.91. The van der Waals surface area contributed by atoms with Crippen molar-refractivity contribution in [3.63, 3.8) is 0 Å². The molecular weight excluding hydrogens is 430 g/mol. The molecule has 0 radical (unpaired) electrons. The zero-order valence-electron chi connectivity index (χ0n) is 10.9. The second kappa shape index (κ2) is 8.06. The lowest BCUT2D eigenvalue weighted by molar-refractivity contribution is 0.298. The van der Waals surface area contributed by atoms with Crippen molar-refractivity contribution in [3.8, 4) is 0 Å². The van der Waals surface area contributed by atoms with Crippen LogP contribution < -0.4 is 5.32 Å². The van der Waals surface area contributed by atoms with E-state index in [1.54, 1.807) is 12.1 Å². The zero-order chi connectivity index (χ0) is 15.2. The van der Waals surface area contributed by atoms with Crippen molar-refractivity contribution in [3.05, 3.63) is 33.3 Å². The van der Waals surface area contributed by atoms with Crippen molar-refractivity contribution in [2.45, 2.75) is 5.03 Å². The number of benzene rings is 1. The van der Waals surface area contributed by atoms with E-state index in [0.29, 0.717) is 20.0 Å². The molecule has 9 heteroatoms. The monoisotopic (exact) mass is 440 g/mol. The molecule has 1 N–H and O–H groups in total. The molecule has 0 spiro atoms. The van der Waals surface area contributed by atoms with Gasteiger partial charge in [-0.15, -0.1) is 0 Å². The molecule has 0 atom stereocenters. The fourth-order valence-corrected chi connectivity index (χ4v) is 3.00. The molecule has 0 saturated heterocycles. The van der Waals surface area contributed by atoms with Gasteiger partial charge >= 0.3 is 0 Å². The Morgan fingerprint density at radius 1 is 1.52 bits per heavy atom. The lowest BCUT2D eigenvalue weighted by Crippen LogP contribution is -2.10. The Morgan fingerprint density at radius 3 is 3.05 bits per heavy atom. The van der Waals surface area contributed by atoms with E-state index >= 15 is 0 Å². The predicted octanol–water partition coefficient (Wildman–Crippen LogP) is 3.44. The SMILES string of the molecule is CNCCSc1nonc1C(Cl)=Nc1ccc(F)c(I)c1. The van der Waals surface area contributed by atoms with E-state index in [4.69, 9.17) is 16.2 Å². The first-order valence-corrected chi connectivity index (χ1v) is 8.35. The Hall–Kier alpha value is -0.710.